The van der Waals surface area contributed by atoms with Gasteiger partial charge in [0, 0.05) is 29.7 Å². The number of ether oxygens (including phenoxy) is 2. The second kappa shape index (κ2) is 9.32. The monoisotopic (exact) mass is 493 g/mol. The zero-order valence-electron chi connectivity index (χ0n) is 15.2. The van der Waals surface area contributed by atoms with Gasteiger partial charge in [0.1, 0.15) is 6.79 Å². The molecule has 0 aliphatic carbocycles. The minimum atomic E-state index is -3.29. The van der Waals surface area contributed by atoms with Crippen molar-refractivity contribution in [1.29, 1.82) is 0 Å². The molecule has 0 N–H and O–H groups in total. The molecule has 4 atom stereocenters. The molecule has 0 amide bonds. The second-order valence-corrected chi connectivity index (χ2v) is 10.1. The maximum Gasteiger partial charge on any atom is 0.179 e. The number of piperidine rings is 2. The Bertz CT molecular complexity index is 669. The first-order valence-corrected chi connectivity index (χ1v) is 12.5. The number of alkyl halides is 1. The van der Waals surface area contributed by atoms with Gasteiger partial charge in [-0.25, -0.2) is 8.42 Å². The Hall–Kier alpha value is -0.220. The highest BCUT2D eigenvalue weighted by atomic mass is 127. The zero-order chi connectivity index (χ0) is 18.6. The summed E-state index contributed by atoms with van der Waals surface area (Å²) < 4.78 is 37.9. The van der Waals surface area contributed by atoms with E-state index in [4.69, 9.17) is 9.47 Å². The van der Waals surface area contributed by atoms with E-state index < -0.39 is 9.84 Å². The lowest BCUT2D eigenvalue weighted by atomic mass is 9.85. The lowest BCUT2D eigenvalue weighted by Gasteiger charge is -2.52. The maximum absolute atomic E-state index is 12.9. The lowest BCUT2D eigenvalue weighted by molar-refractivity contribution is -0.131. The van der Waals surface area contributed by atoms with E-state index in [1.54, 1.807) is 31.4 Å². The van der Waals surface area contributed by atoms with Crippen LogP contribution in [0, 0.1) is 0 Å². The van der Waals surface area contributed by atoms with E-state index in [2.05, 4.69) is 27.5 Å². The molecule has 7 heteroatoms. The van der Waals surface area contributed by atoms with Gasteiger partial charge in [-0.1, -0.05) is 47.2 Å². The van der Waals surface area contributed by atoms with Gasteiger partial charge in [-0.2, -0.15) is 0 Å². The Morgan fingerprint density at radius 1 is 1.15 bits per heavy atom. The molecule has 0 saturated carbocycles. The summed E-state index contributed by atoms with van der Waals surface area (Å²) in [4.78, 5) is 2.90. The van der Waals surface area contributed by atoms with Crippen molar-refractivity contribution >= 4 is 32.4 Å². The Labute approximate surface area is 170 Å². The third-order valence-electron chi connectivity index (χ3n) is 5.59. The van der Waals surface area contributed by atoms with E-state index >= 15 is 0 Å². The molecule has 0 radical (unpaired) electrons. The molecule has 3 rings (SSSR count). The molecule has 2 fully saturated rings. The smallest absolute Gasteiger partial charge is 0.179 e. The van der Waals surface area contributed by atoms with E-state index in [0.29, 0.717) is 17.7 Å². The molecule has 2 aliphatic heterocycles. The molecule has 0 bridgehead atoms. The van der Waals surface area contributed by atoms with Crippen molar-refractivity contribution in [1.82, 2.24) is 4.90 Å². The van der Waals surface area contributed by atoms with E-state index in [1.165, 1.54) is 0 Å². The highest BCUT2D eigenvalue weighted by Crippen LogP contribution is 2.37. The largest absolute Gasteiger partial charge is 0.359 e. The Balaban J connectivity index is 1.80. The predicted octanol–water partition coefficient (Wildman–Crippen LogP) is 3.27. The molecule has 0 spiro atoms. The molecule has 2 aliphatic rings. The lowest BCUT2D eigenvalue weighted by Crippen LogP contribution is -2.61. The molecule has 5 nitrogen and oxygen atoms in total. The molecule has 0 aromatic heterocycles. The SMILES string of the molecule is COCO[C@@H]1CC[C@@H]2CCC[C@@H](CS(=O)(=O)c3ccccc3)N2[C@H]1CI. The van der Waals surface area contributed by atoms with E-state index in [1.807, 2.05) is 6.07 Å². The maximum atomic E-state index is 12.9. The van der Waals surface area contributed by atoms with Crippen molar-refractivity contribution in [3.8, 4) is 0 Å². The van der Waals surface area contributed by atoms with Gasteiger partial charge in [0.2, 0.25) is 0 Å². The van der Waals surface area contributed by atoms with Crippen molar-refractivity contribution in [3.63, 3.8) is 0 Å². The molecular formula is C19H28INO4S. The Kier molecular flexibility index (Phi) is 7.35. The fourth-order valence-electron chi connectivity index (χ4n) is 4.44. The van der Waals surface area contributed by atoms with Crippen LogP contribution < -0.4 is 0 Å². The number of rotatable bonds is 7. The van der Waals surface area contributed by atoms with Crippen LogP contribution in [-0.4, -0.2) is 61.6 Å². The van der Waals surface area contributed by atoms with Crippen molar-refractivity contribution in [3.05, 3.63) is 30.3 Å². The summed E-state index contributed by atoms with van der Waals surface area (Å²) in [5, 5.41) is 0. The van der Waals surface area contributed by atoms with Crippen molar-refractivity contribution in [2.45, 2.75) is 61.2 Å². The van der Waals surface area contributed by atoms with Crippen LogP contribution in [0.2, 0.25) is 0 Å². The van der Waals surface area contributed by atoms with Crippen LogP contribution in [-0.2, 0) is 19.3 Å². The summed E-state index contributed by atoms with van der Waals surface area (Å²) in [6.45, 7) is 0.295. The minimum absolute atomic E-state index is 0.0627. The van der Waals surface area contributed by atoms with Crippen LogP contribution in [0.1, 0.15) is 32.1 Å². The van der Waals surface area contributed by atoms with Gasteiger partial charge in [-0.15, -0.1) is 0 Å². The van der Waals surface area contributed by atoms with E-state index in [-0.39, 0.29) is 23.9 Å². The number of methoxy groups -OCH3 is 1. The first-order chi connectivity index (χ1) is 12.6. The van der Waals surface area contributed by atoms with Crippen LogP contribution in [0.3, 0.4) is 0 Å². The van der Waals surface area contributed by atoms with Crippen LogP contribution in [0.5, 0.6) is 0 Å². The normalized spacial score (nSPS) is 30.1. The summed E-state index contributed by atoms with van der Waals surface area (Å²) in [5.74, 6) is 0.192. The number of fused-ring (bicyclic) bond motifs is 1. The first-order valence-electron chi connectivity index (χ1n) is 9.28. The summed E-state index contributed by atoms with van der Waals surface area (Å²) in [6, 6.07) is 9.62. The zero-order valence-corrected chi connectivity index (χ0v) is 18.2. The summed E-state index contributed by atoms with van der Waals surface area (Å²) >= 11 is 2.41. The number of benzene rings is 1. The van der Waals surface area contributed by atoms with Crippen LogP contribution >= 0.6 is 22.6 Å². The third-order valence-corrected chi connectivity index (χ3v) is 8.30. The first kappa shape index (κ1) is 20.5. The average Bonchev–Trinajstić information content (AvgIpc) is 2.66. The highest BCUT2D eigenvalue weighted by Gasteiger charge is 2.43. The number of hydrogen-bond acceptors (Lipinski definition) is 5. The van der Waals surface area contributed by atoms with E-state index in [0.717, 1.165) is 36.5 Å². The van der Waals surface area contributed by atoms with Gasteiger partial charge in [0.25, 0.3) is 0 Å². The predicted molar refractivity (Wildman–Crippen MR) is 110 cm³/mol. The fourth-order valence-corrected chi connectivity index (χ4v) is 7.07. The molecule has 0 unspecified atom stereocenters. The standard InChI is InChI=1S/C19H28INO4S/c1-24-14-25-19-11-10-15-6-5-7-16(21(15)18(19)12-20)13-26(22,23)17-8-3-2-4-9-17/h2-4,8-9,15-16,18-19H,5-7,10-14H2,1H3/t15-,16-,18-,19+/m0/s1. The van der Waals surface area contributed by atoms with Crippen LogP contribution in [0.15, 0.2) is 35.2 Å². The van der Waals surface area contributed by atoms with E-state index in [9.17, 15) is 8.42 Å². The average molecular weight is 493 g/mol. The van der Waals surface area contributed by atoms with Crippen LogP contribution in [0.25, 0.3) is 0 Å². The third kappa shape index (κ3) is 4.60. The summed E-state index contributed by atoms with van der Waals surface area (Å²) in [6.07, 6.45) is 5.41. The molecule has 1 aromatic carbocycles. The molecule has 1 aromatic rings. The highest BCUT2D eigenvalue weighted by molar-refractivity contribution is 14.1. The van der Waals surface area contributed by atoms with Gasteiger partial charge >= 0.3 is 0 Å². The Morgan fingerprint density at radius 3 is 2.62 bits per heavy atom. The molecule has 146 valence electrons. The molecule has 2 saturated heterocycles. The molecular weight excluding hydrogens is 465 g/mol. The fraction of sp³-hybridized carbons (Fsp3) is 0.684. The van der Waals surface area contributed by atoms with Crippen molar-refractivity contribution < 1.29 is 17.9 Å². The number of halogens is 1. The van der Waals surface area contributed by atoms with Gasteiger partial charge in [0.15, 0.2) is 9.84 Å². The van der Waals surface area contributed by atoms with Gasteiger partial charge in [-0.3, -0.25) is 4.90 Å². The van der Waals surface area contributed by atoms with Crippen LogP contribution in [0.4, 0.5) is 0 Å². The van der Waals surface area contributed by atoms with Gasteiger partial charge < -0.3 is 9.47 Å². The van der Waals surface area contributed by atoms with Crippen molar-refractivity contribution in [2.24, 2.45) is 0 Å². The number of nitrogens with zero attached hydrogens (tertiary/aromatic N) is 1. The topological polar surface area (TPSA) is 55.8 Å². The van der Waals surface area contributed by atoms with Gasteiger partial charge in [-0.05, 0) is 37.8 Å². The molecule has 26 heavy (non-hydrogen) atoms. The quantitative estimate of drug-likeness (QED) is 0.332. The summed E-state index contributed by atoms with van der Waals surface area (Å²) in [7, 11) is -1.65. The van der Waals surface area contributed by atoms with Crippen molar-refractivity contribution in [2.75, 3.05) is 24.1 Å². The Morgan fingerprint density at radius 2 is 1.92 bits per heavy atom. The summed E-state index contributed by atoms with van der Waals surface area (Å²) in [5.41, 5.74) is 0. The second-order valence-electron chi connectivity index (χ2n) is 7.19. The van der Waals surface area contributed by atoms with Gasteiger partial charge in [0.05, 0.1) is 16.8 Å². The minimum Gasteiger partial charge on any atom is -0.359 e. The molecule has 2 heterocycles. The number of sulfone groups is 1. The number of hydrogen-bond donors (Lipinski definition) is 0.